The Balaban J connectivity index is 1.61. The quantitative estimate of drug-likeness (QED) is 0.240. The molecule has 8 nitrogen and oxygen atoms in total. The summed E-state index contributed by atoms with van der Waals surface area (Å²) in [6.45, 7) is 4.07. The normalized spacial score (nSPS) is 10.8. The number of aromatic nitrogens is 3. The number of hydrogen-bond acceptors (Lipinski definition) is 8. The summed E-state index contributed by atoms with van der Waals surface area (Å²) < 4.78 is 0. The lowest BCUT2D eigenvalue weighted by atomic mass is 10.1. The molecule has 8 heteroatoms. The fraction of sp³-hybridized carbons (Fsp3) is 0.0833. The maximum atomic E-state index is 9.89. The fourth-order valence-electron chi connectivity index (χ4n) is 3.02. The van der Waals surface area contributed by atoms with Crippen molar-refractivity contribution in [2.24, 2.45) is 5.10 Å². The van der Waals surface area contributed by atoms with Gasteiger partial charge in [-0.2, -0.15) is 20.1 Å². The van der Waals surface area contributed by atoms with Gasteiger partial charge < -0.3 is 15.7 Å². The van der Waals surface area contributed by atoms with Gasteiger partial charge in [-0.05, 0) is 49.7 Å². The minimum absolute atomic E-state index is 0.136. The Bertz CT molecular complexity index is 1240. The highest BCUT2D eigenvalue weighted by molar-refractivity contribution is 5.83. The van der Waals surface area contributed by atoms with Gasteiger partial charge in [0.2, 0.25) is 17.8 Å². The van der Waals surface area contributed by atoms with Gasteiger partial charge in [-0.25, -0.2) is 5.43 Å². The predicted molar refractivity (Wildman–Crippen MR) is 128 cm³/mol. The molecule has 0 aliphatic heterocycles. The maximum absolute atomic E-state index is 9.89. The Labute approximate surface area is 186 Å². The first kappa shape index (κ1) is 20.8. The predicted octanol–water partition coefficient (Wildman–Crippen LogP) is 5.13. The number of aromatic hydroxyl groups is 1. The van der Waals surface area contributed by atoms with Crippen molar-refractivity contribution in [3.63, 3.8) is 0 Å². The van der Waals surface area contributed by atoms with Gasteiger partial charge in [0.15, 0.2) is 0 Å². The lowest BCUT2D eigenvalue weighted by molar-refractivity contribution is 0.474. The average Bonchev–Trinajstić information content (AvgIpc) is 2.78. The first-order valence-electron chi connectivity index (χ1n) is 10.1. The Morgan fingerprint density at radius 2 is 1.47 bits per heavy atom. The van der Waals surface area contributed by atoms with Gasteiger partial charge in [-0.1, -0.05) is 48.0 Å². The summed E-state index contributed by atoms with van der Waals surface area (Å²) in [5.41, 5.74) is 7.39. The van der Waals surface area contributed by atoms with E-state index in [1.807, 2.05) is 62.4 Å². The largest absolute Gasteiger partial charge is 0.507 e. The minimum atomic E-state index is 0.136. The molecule has 0 fully saturated rings. The Morgan fingerprint density at radius 3 is 2.22 bits per heavy atom. The molecule has 32 heavy (non-hydrogen) atoms. The number of benzene rings is 3. The zero-order chi connectivity index (χ0) is 22.3. The van der Waals surface area contributed by atoms with E-state index in [2.05, 4.69) is 42.2 Å². The molecule has 1 heterocycles. The average molecular weight is 425 g/mol. The van der Waals surface area contributed by atoms with E-state index in [1.54, 1.807) is 18.2 Å². The molecule has 0 radical (unpaired) electrons. The highest BCUT2D eigenvalue weighted by atomic mass is 16.3. The fourth-order valence-corrected chi connectivity index (χ4v) is 3.02. The Hall–Kier alpha value is -4.46. The molecule has 0 atom stereocenters. The van der Waals surface area contributed by atoms with E-state index >= 15 is 0 Å². The SMILES string of the molecule is Cc1ccc(Nc2nc(N/N=C/c3ccccc3O)nc(Nc3ccccc3)n2)c(C)c1. The highest BCUT2D eigenvalue weighted by Crippen LogP contribution is 2.22. The molecule has 3 aromatic carbocycles. The molecule has 4 aromatic rings. The van der Waals surface area contributed by atoms with E-state index in [0.717, 1.165) is 16.9 Å². The Kier molecular flexibility index (Phi) is 6.22. The number of anilines is 5. The van der Waals surface area contributed by atoms with Crippen molar-refractivity contribution in [2.45, 2.75) is 13.8 Å². The second-order valence-electron chi connectivity index (χ2n) is 7.17. The smallest absolute Gasteiger partial charge is 0.250 e. The lowest BCUT2D eigenvalue weighted by Crippen LogP contribution is -2.07. The number of phenols is 1. The molecular formula is C24H23N7O. The summed E-state index contributed by atoms with van der Waals surface area (Å²) in [4.78, 5) is 13.3. The molecule has 4 rings (SSSR count). The third-order valence-corrected chi connectivity index (χ3v) is 4.60. The summed E-state index contributed by atoms with van der Waals surface area (Å²) in [6, 6.07) is 22.6. The van der Waals surface area contributed by atoms with Gasteiger partial charge in [-0.3, -0.25) is 0 Å². The number of phenolic OH excluding ortho intramolecular Hbond substituents is 1. The molecule has 0 aliphatic carbocycles. The monoisotopic (exact) mass is 425 g/mol. The van der Waals surface area contributed by atoms with Crippen LogP contribution in [-0.2, 0) is 0 Å². The van der Waals surface area contributed by atoms with Crippen LogP contribution in [0.5, 0.6) is 5.75 Å². The number of aryl methyl sites for hydroxylation is 2. The van der Waals surface area contributed by atoms with Crippen LogP contribution < -0.4 is 16.1 Å². The van der Waals surface area contributed by atoms with Crippen molar-refractivity contribution < 1.29 is 5.11 Å². The van der Waals surface area contributed by atoms with Crippen molar-refractivity contribution in [3.05, 3.63) is 89.5 Å². The van der Waals surface area contributed by atoms with Gasteiger partial charge in [0.05, 0.1) is 6.21 Å². The maximum Gasteiger partial charge on any atom is 0.250 e. The molecule has 0 saturated carbocycles. The molecular weight excluding hydrogens is 402 g/mol. The van der Waals surface area contributed by atoms with Gasteiger partial charge in [0.1, 0.15) is 5.75 Å². The van der Waals surface area contributed by atoms with Gasteiger partial charge in [0.25, 0.3) is 0 Å². The number of rotatable bonds is 7. The molecule has 0 aliphatic rings. The number of para-hydroxylation sites is 2. The molecule has 0 saturated heterocycles. The van der Waals surface area contributed by atoms with Crippen molar-refractivity contribution in [1.82, 2.24) is 15.0 Å². The van der Waals surface area contributed by atoms with Crippen molar-refractivity contribution in [3.8, 4) is 5.75 Å². The summed E-state index contributed by atoms with van der Waals surface area (Å²) >= 11 is 0. The molecule has 0 bridgehead atoms. The molecule has 4 N–H and O–H groups in total. The molecule has 0 unspecified atom stereocenters. The standard InChI is InChI=1S/C24H23N7O/c1-16-12-13-20(17(2)14-16)27-23-28-22(26-19-9-4-3-5-10-19)29-24(30-23)31-25-15-18-8-6-7-11-21(18)32/h3-15,32H,1-2H3,(H3,26,27,28,29,30,31)/b25-15+. The van der Waals surface area contributed by atoms with Crippen LogP contribution >= 0.6 is 0 Å². The molecule has 160 valence electrons. The number of nitrogens with zero attached hydrogens (tertiary/aromatic N) is 4. The van der Waals surface area contributed by atoms with Gasteiger partial charge in [0, 0.05) is 16.9 Å². The van der Waals surface area contributed by atoms with E-state index in [-0.39, 0.29) is 11.7 Å². The summed E-state index contributed by atoms with van der Waals surface area (Å²) in [6.07, 6.45) is 1.50. The van der Waals surface area contributed by atoms with E-state index in [0.29, 0.717) is 17.5 Å². The second-order valence-corrected chi connectivity index (χ2v) is 7.17. The van der Waals surface area contributed by atoms with Crippen LogP contribution in [0, 0.1) is 13.8 Å². The van der Waals surface area contributed by atoms with Crippen LogP contribution in [0.15, 0.2) is 77.9 Å². The van der Waals surface area contributed by atoms with Crippen molar-refractivity contribution in [2.75, 3.05) is 16.1 Å². The number of nitrogens with one attached hydrogen (secondary N) is 3. The third kappa shape index (κ3) is 5.37. The zero-order valence-corrected chi connectivity index (χ0v) is 17.7. The molecule has 0 amide bonds. The first-order chi connectivity index (χ1) is 15.6. The van der Waals surface area contributed by atoms with Gasteiger partial charge >= 0.3 is 0 Å². The topological polar surface area (TPSA) is 107 Å². The van der Waals surface area contributed by atoms with Crippen LogP contribution in [-0.4, -0.2) is 26.3 Å². The zero-order valence-electron chi connectivity index (χ0n) is 17.7. The van der Waals surface area contributed by atoms with Crippen LogP contribution in [0.25, 0.3) is 0 Å². The van der Waals surface area contributed by atoms with Gasteiger partial charge in [-0.15, -0.1) is 0 Å². The van der Waals surface area contributed by atoms with E-state index in [4.69, 9.17) is 0 Å². The van der Waals surface area contributed by atoms with Crippen LogP contribution in [0.1, 0.15) is 16.7 Å². The van der Waals surface area contributed by atoms with E-state index in [9.17, 15) is 5.11 Å². The molecule has 1 aromatic heterocycles. The number of hydrazone groups is 1. The molecule has 0 spiro atoms. The van der Waals surface area contributed by atoms with Crippen LogP contribution in [0.3, 0.4) is 0 Å². The summed E-state index contributed by atoms with van der Waals surface area (Å²) in [7, 11) is 0. The minimum Gasteiger partial charge on any atom is -0.507 e. The van der Waals surface area contributed by atoms with E-state index in [1.165, 1.54) is 11.8 Å². The highest BCUT2D eigenvalue weighted by Gasteiger charge is 2.09. The van der Waals surface area contributed by atoms with E-state index < -0.39 is 0 Å². The number of hydrogen-bond donors (Lipinski definition) is 4. The second kappa shape index (κ2) is 9.57. The van der Waals surface area contributed by atoms with Crippen molar-refractivity contribution >= 4 is 35.4 Å². The van der Waals surface area contributed by atoms with Crippen LogP contribution in [0.2, 0.25) is 0 Å². The summed E-state index contributed by atoms with van der Waals surface area (Å²) in [5.74, 6) is 1.11. The van der Waals surface area contributed by atoms with Crippen molar-refractivity contribution in [1.29, 1.82) is 0 Å². The van der Waals surface area contributed by atoms with Crippen LogP contribution in [0.4, 0.5) is 29.2 Å². The summed E-state index contributed by atoms with van der Waals surface area (Å²) in [5, 5.41) is 20.5. The third-order valence-electron chi connectivity index (χ3n) is 4.60. The first-order valence-corrected chi connectivity index (χ1v) is 10.1. The Morgan fingerprint density at radius 1 is 0.781 bits per heavy atom. The lowest BCUT2D eigenvalue weighted by Gasteiger charge is -2.12.